The van der Waals surface area contributed by atoms with Crippen molar-refractivity contribution < 1.29 is 4.42 Å². The average Bonchev–Trinajstić information content (AvgIpc) is 3.96. The van der Waals surface area contributed by atoms with Crippen LogP contribution in [-0.2, 0) is 0 Å². The molecule has 0 radical (unpaired) electrons. The first kappa shape index (κ1) is 30.8. The van der Waals surface area contributed by atoms with E-state index in [0.717, 1.165) is 55.2 Å². The van der Waals surface area contributed by atoms with Crippen molar-refractivity contribution in [2.75, 3.05) is 0 Å². The maximum atomic E-state index is 6.49. The summed E-state index contributed by atoms with van der Waals surface area (Å²) in [6, 6.07) is 58.3. The summed E-state index contributed by atoms with van der Waals surface area (Å²) in [6.07, 6.45) is 8.17. The van der Waals surface area contributed by atoms with E-state index in [0.29, 0.717) is 23.2 Å². The predicted molar refractivity (Wildman–Crippen MR) is 223 cm³/mol. The Labute approximate surface area is 313 Å². The van der Waals surface area contributed by atoms with E-state index in [1.54, 1.807) is 0 Å². The molecule has 0 aliphatic heterocycles. The number of nitrogens with zero attached hydrogens (tertiary/aromatic N) is 2. The van der Waals surface area contributed by atoms with Crippen molar-refractivity contribution in [1.29, 1.82) is 0 Å². The number of allylic oxidation sites excluding steroid dienone is 4. The molecule has 1 saturated carbocycles. The van der Waals surface area contributed by atoms with Crippen molar-refractivity contribution in [3.63, 3.8) is 0 Å². The summed E-state index contributed by atoms with van der Waals surface area (Å²) < 4.78 is 6.49. The minimum atomic E-state index is 0.630. The Morgan fingerprint density at radius 3 is 1.96 bits per heavy atom. The highest BCUT2D eigenvalue weighted by molar-refractivity contribution is 6.10. The second-order valence-corrected chi connectivity index (χ2v) is 14.5. The molecule has 0 bridgehead atoms. The summed E-state index contributed by atoms with van der Waals surface area (Å²) in [6.45, 7) is 0. The highest BCUT2D eigenvalue weighted by Crippen LogP contribution is 2.52. The molecule has 2 atom stereocenters. The van der Waals surface area contributed by atoms with Crippen molar-refractivity contribution in [3.8, 4) is 56.0 Å². The van der Waals surface area contributed by atoms with Crippen LogP contribution in [0.5, 0.6) is 0 Å². The van der Waals surface area contributed by atoms with Crippen LogP contribution in [0.4, 0.5) is 0 Å². The van der Waals surface area contributed by atoms with Crippen LogP contribution in [0.3, 0.4) is 0 Å². The molecule has 2 aliphatic carbocycles. The number of fused-ring (bicyclic) bond motifs is 5. The molecule has 7 aromatic carbocycles. The zero-order chi connectivity index (χ0) is 35.6. The molecular weight excluding hydrogens is 657 g/mol. The predicted octanol–water partition coefficient (Wildman–Crippen LogP) is 13.5. The lowest BCUT2D eigenvalue weighted by Crippen LogP contribution is -1.95. The fourth-order valence-electron chi connectivity index (χ4n) is 8.33. The molecule has 2 heterocycles. The summed E-state index contributed by atoms with van der Waals surface area (Å²) >= 11 is 0. The lowest BCUT2D eigenvalue weighted by molar-refractivity contribution is 0.667. The molecule has 1 fully saturated rings. The van der Waals surface area contributed by atoms with Crippen molar-refractivity contribution >= 4 is 38.4 Å². The number of hydrogen-bond donors (Lipinski definition) is 0. The van der Waals surface area contributed by atoms with Crippen LogP contribution in [0.25, 0.3) is 94.4 Å². The molecule has 0 N–H and O–H groups in total. The first-order valence-corrected chi connectivity index (χ1v) is 18.7. The summed E-state index contributed by atoms with van der Waals surface area (Å²) in [5, 5.41) is 3.27. The molecule has 11 rings (SSSR count). The molecule has 3 heteroatoms. The van der Waals surface area contributed by atoms with Gasteiger partial charge in [-0.2, -0.15) is 0 Å². The fourth-order valence-corrected chi connectivity index (χ4v) is 8.33. The highest BCUT2D eigenvalue weighted by Gasteiger charge is 2.39. The van der Waals surface area contributed by atoms with Gasteiger partial charge in [-0.3, -0.25) is 0 Å². The molecule has 2 aliphatic rings. The Bertz CT molecular complexity index is 2980. The molecule has 2 unspecified atom stereocenters. The highest BCUT2D eigenvalue weighted by atomic mass is 16.3. The third-order valence-corrected chi connectivity index (χ3v) is 11.2. The van der Waals surface area contributed by atoms with E-state index >= 15 is 0 Å². The molecule has 254 valence electrons. The van der Waals surface area contributed by atoms with Gasteiger partial charge in [-0.05, 0) is 116 Å². The molecule has 3 nitrogen and oxygen atoms in total. The fraction of sp³-hybridized carbons (Fsp3) is 0.0588. The van der Waals surface area contributed by atoms with Gasteiger partial charge in [-0.1, -0.05) is 140 Å². The normalized spacial score (nSPS) is 16.1. The molecule has 0 amide bonds. The number of rotatable bonds is 6. The maximum absolute atomic E-state index is 6.49. The third-order valence-electron chi connectivity index (χ3n) is 11.2. The zero-order valence-electron chi connectivity index (χ0n) is 29.5. The molecule has 2 aromatic heterocycles. The number of hydrogen-bond acceptors (Lipinski definition) is 3. The van der Waals surface area contributed by atoms with E-state index in [4.69, 9.17) is 14.4 Å². The Morgan fingerprint density at radius 1 is 0.500 bits per heavy atom. The Balaban J connectivity index is 1.03. The Morgan fingerprint density at radius 2 is 1.11 bits per heavy atom. The molecule has 0 saturated heterocycles. The van der Waals surface area contributed by atoms with Crippen LogP contribution < -0.4 is 0 Å². The van der Waals surface area contributed by atoms with Gasteiger partial charge < -0.3 is 4.42 Å². The number of aromatic nitrogens is 2. The standard InChI is InChI=1S/C51H34N2O/c1-2-12-32(13-3-1)39-28-40(30-41(29-39)43-23-11-19-37-31-46(37)43)36-18-8-16-34(26-36)35-17-9-20-38(27-35)51-52-48(44-24-10-15-33-14-4-5-21-42(33)44)50-49(53-51)45-22-6-7-25-47(45)54-50/h1-30,37,46H,31H2. The Kier molecular flexibility index (Phi) is 7.06. The van der Waals surface area contributed by atoms with Gasteiger partial charge in [0.1, 0.15) is 16.8 Å². The average molecular weight is 691 g/mol. The van der Waals surface area contributed by atoms with E-state index in [9.17, 15) is 0 Å². The van der Waals surface area contributed by atoms with Gasteiger partial charge in [0.2, 0.25) is 0 Å². The minimum Gasteiger partial charge on any atom is -0.452 e. The van der Waals surface area contributed by atoms with Gasteiger partial charge in [-0.15, -0.1) is 0 Å². The molecule has 54 heavy (non-hydrogen) atoms. The summed E-state index contributed by atoms with van der Waals surface area (Å²) in [7, 11) is 0. The largest absolute Gasteiger partial charge is 0.452 e. The monoisotopic (exact) mass is 690 g/mol. The van der Waals surface area contributed by atoms with E-state index in [2.05, 4.69) is 164 Å². The van der Waals surface area contributed by atoms with Crippen molar-refractivity contribution in [2.24, 2.45) is 11.8 Å². The van der Waals surface area contributed by atoms with E-state index in [1.165, 1.54) is 39.8 Å². The first-order chi connectivity index (χ1) is 26.7. The van der Waals surface area contributed by atoms with Crippen molar-refractivity contribution in [3.05, 3.63) is 188 Å². The number of benzene rings is 7. The lowest BCUT2D eigenvalue weighted by atomic mass is 9.89. The van der Waals surface area contributed by atoms with Crippen LogP contribution in [0.2, 0.25) is 0 Å². The van der Waals surface area contributed by atoms with E-state index in [-0.39, 0.29) is 0 Å². The summed E-state index contributed by atoms with van der Waals surface area (Å²) in [4.78, 5) is 10.5. The van der Waals surface area contributed by atoms with Crippen LogP contribution in [0, 0.1) is 11.8 Å². The SMILES string of the molecule is C1=CC2CC2C(c2cc(-c3ccccc3)cc(-c3cccc(-c4cccc(-c5nc(-c6cccc7ccccc67)c6oc7ccccc7c6n5)c4)c3)c2)=C1. The maximum Gasteiger partial charge on any atom is 0.180 e. The summed E-state index contributed by atoms with van der Waals surface area (Å²) in [5.74, 6) is 1.98. The quantitative estimate of drug-likeness (QED) is 0.174. The van der Waals surface area contributed by atoms with Gasteiger partial charge in [0.25, 0.3) is 0 Å². The second kappa shape index (κ2) is 12.4. The zero-order valence-corrected chi connectivity index (χ0v) is 29.5. The molecular formula is C51H34N2O. The topological polar surface area (TPSA) is 38.9 Å². The van der Waals surface area contributed by atoms with Crippen LogP contribution >= 0.6 is 0 Å². The smallest absolute Gasteiger partial charge is 0.180 e. The van der Waals surface area contributed by atoms with Crippen LogP contribution in [0.1, 0.15) is 12.0 Å². The number of furan rings is 1. The third kappa shape index (κ3) is 5.28. The van der Waals surface area contributed by atoms with Gasteiger partial charge in [0, 0.05) is 16.5 Å². The first-order valence-electron chi connectivity index (χ1n) is 18.7. The minimum absolute atomic E-state index is 0.630. The van der Waals surface area contributed by atoms with E-state index < -0.39 is 0 Å². The molecule has 0 spiro atoms. The summed E-state index contributed by atoms with van der Waals surface area (Å²) in [5.41, 5.74) is 15.0. The van der Waals surface area contributed by atoms with Crippen molar-refractivity contribution in [1.82, 2.24) is 9.97 Å². The van der Waals surface area contributed by atoms with Gasteiger partial charge in [0.15, 0.2) is 11.4 Å². The van der Waals surface area contributed by atoms with Gasteiger partial charge >= 0.3 is 0 Å². The van der Waals surface area contributed by atoms with Gasteiger partial charge in [-0.25, -0.2) is 9.97 Å². The van der Waals surface area contributed by atoms with Crippen molar-refractivity contribution in [2.45, 2.75) is 6.42 Å². The second-order valence-electron chi connectivity index (χ2n) is 14.5. The Hall–Kier alpha value is -6.84. The van der Waals surface area contributed by atoms with Gasteiger partial charge in [0.05, 0.1) is 0 Å². The number of para-hydroxylation sites is 1. The van der Waals surface area contributed by atoms with Crippen LogP contribution in [-0.4, -0.2) is 9.97 Å². The van der Waals surface area contributed by atoms with E-state index in [1.807, 2.05) is 18.2 Å². The molecule has 9 aromatic rings. The van der Waals surface area contributed by atoms with Crippen LogP contribution in [0.15, 0.2) is 186 Å². The lowest BCUT2D eigenvalue weighted by Gasteiger charge is -2.15.